The Morgan fingerprint density at radius 2 is 2.29 bits per heavy atom. The fourth-order valence-corrected chi connectivity index (χ4v) is 2.09. The van der Waals surface area contributed by atoms with Crippen LogP contribution in [0.1, 0.15) is 30.1 Å². The molecule has 1 unspecified atom stereocenters. The first-order chi connectivity index (χ1) is 8.08. The van der Waals surface area contributed by atoms with Gasteiger partial charge < -0.3 is 5.32 Å². The van der Waals surface area contributed by atoms with Gasteiger partial charge in [-0.2, -0.15) is 0 Å². The van der Waals surface area contributed by atoms with Gasteiger partial charge in [0.05, 0.1) is 5.02 Å². The van der Waals surface area contributed by atoms with E-state index in [2.05, 4.69) is 21.2 Å². The Balaban J connectivity index is 2.72. The first-order valence-corrected chi connectivity index (χ1v) is 6.90. The zero-order chi connectivity index (χ0) is 12.8. The van der Waals surface area contributed by atoms with Gasteiger partial charge in [0, 0.05) is 16.9 Å². The van der Waals surface area contributed by atoms with Crippen molar-refractivity contribution in [2.45, 2.75) is 25.8 Å². The van der Waals surface area contributed by atoms with Gasteiger partial charge in [-0.3, -0.25) is 4.79 Å². The average molecular weight is 323 g/mol. The second-order valence-electron chi connectivity index (χ2n) is 3.69. The van der Waals surface area contributed by atoms with Crippen molar-refractivity contribution in [3.8, 4) is 0 Å². The SMILES string of the molecule is CCC(CCBr)NC(=O)c1ccc(Cl)c(F)c1. The largest absolute Gasteiger partial charge is 0.349 e. The third-order valence-corrected chi connectivity index (χ3v) is 3.23. The molecule has 0 saturated carbocycles. The van der Waals surface area contributed by atoms with Gasteiger partial charge in [0.25, 0.3) is 5.91 Å². The molecule has 0 aliphatic carbocycles. The summed E-state index contributed by atoms with van der Waals surface area (Å²) in [7, 11) is 0. The van der Waals surface area contributed by atoms with Crippen molar-refractivity contribution in [3.05, 3.63) is 34.6 Å². The van der Waals surface area contributed by atoms with Crippen molar-refractivity contribution >= 4 is 33.4 Å². The second kappa shape index (κ2) is 6.97. The second-order valence-corrected chi connectivity index (χ2v) is 4.89. The van der Waals surface area contributed by atoms with E-state index < -0.39 is 5.82 Å². The molecule has 1 aromatic carbocycles. The fourth-order valence-electron chi connectivity index (χ4n) is 1.42. The average Bonchev–Trinajstić information content (AvgIpc) is 2.31. The van der Waals surface area contributed by atoms with Crippen LogP contribution in [0, 0.1) is 5.82 Å². The molecule has 0 saturated heterocycles. The van der Waals surface area contributed by atoms with Crippen molar-refractivity contribution in [1.29, 1.82) is 0 Å². The van der Waals surface area contributed by atoms with E-state index in [-0.39, 0.29) is 17.0 Å². The van der Waals surface area contributed by atoms with Crippen molar-refractivity contribution in [3.63, 3.8) is 0 Å². The van der Waals surface area contributed by atoms with E-state index in [1.54, 1.807) is 0 Å². The molecule has 0 spiro atoms. The van der Waals surface area contributed by atoms with Gasteiger partial charge in [-0.05, 0) is 31.0 Å². The molecule has 0 fully saturated rings. The summed E-state index contributed by atoms with van der Waals surface area (Å²) >= 11 is 8.88. The summed E-state index contributed by atoms with van der Waals surface area (Å²) in [5.41, 5.74) is 0.292. The molecule has 0 aliphatic heterocycles. The third kappa shape index (κ3) is 4.28. The quantitative estimate of drug-likeness (QED) is 0.821. The number of nitrogens with one attached hydrogen (secondary N) is 1. The zero-order valence-electron chi connectivity index (χ0n) is 9.47. The Labute approximate surface area is 114 Å². The number of rotatable bonds is 5. The summed E-state index contributed by atoms with van der Waals surface area (Å²) in [6.07, 6.45) is 1.69. The van der Waals surface area contributed by atoms with Gasteiger partial charge in [-0.15, -0.1) is 0 Å². The normalized spacial score (nSPS) is 12.2. The summed E-state index contributed by atoms with van der Waals surface area (Å²) in [5, 5.41) is 3.69. The summed E-state index contributed by atoms with van der Waals surface area (Å²) in [4.78, 5) is 11.8. The van der Waals surface area contributed by atoms with Crippen LogP contribution in [-0.4, -0.2) is 17.3 Å². The van der Waals surface area contributed by atoms with Gasteiger partial charge in [0.1, 0.15) is 5.82 Å². The first kappa shape index (κ1) is 14.5. The van der Waals surface area contributed by atoms with Crippen LogP contribution in [0.15, 0.2) is 18.2 Å². The monoisotopic (exact) mass is 321 g/mol. The highest BCUT2D eigenvalue weighted by atomic mass is 79.9. The number of halogens is 3. The van der Waals surface area contributed by atoms with Crippen molar-refractivity contribution in [1.82, 2.24) is 5.32 Å². The smallest absolute Gasteiger partial charge is 0.251 e. The molecular weight excluding hydrogens is 308 g/mol. The standard InChI is InChI=1S/C12H14BrClFNO/c1-2-9(5-6-13)16-12(17)8-3-4-10(14)11(15)7-8/h3-4,7,9H,2,5-6H2,1H3,(H,16,17). The number of amides is 1. The third-order valence-electron chi connectivity index (χ3n) is 2.47. The van der Waals surface area contributed by atoms with Crippen molar-refractivity contribution in [2.24, 2.45) is 0 Å². The van der Waals surface area contributed by atoms with Crippen molar-refractivity contribution < 1.29 is 9.18 Å². The lowest BCUT2D eigenvalue weighted by Gasteiger charge is -2.15. The van der Waals surface area contributed by atoms with Crippen LogP contribution in [0.2, 0.25) is 5.02 Å². The molecule has 1 amide bonds. The van der Waals surface area contributed by atoms with E-state index in [0.717, 1.165) is 24.2 Å². The summed E-state index contributed by atoms with van der Waals surface area (Å²) in [6, 6.07) is 4.15. The lowest BCUT2D eigenvalue weighted by Crippen LogP contribution is -2.34. The number of carbonyl (C=O) groups excluding carboxylic acids is 1. The van der Waals surface area contributed by atoms with Gasteiger partial charge >= 0.3 is 0 Å². The first-order valence-electron chi connectivity index (χ1n) is 5.40. The number of alkyl halides is 1. The lowest BCUT2D eigenvalue weighted by atomic mass is 10.1. The van der Waals surface area contributed by atoms with E-state index in [9.17, 15) is 9.18 Å². The maximum atomic E-state index is 13.2. The molecule has 17 heavy (non-hydrogen) atoms. The van der Waals surface area contributed by atoms with Crippen molar-refractivity contribution in [2.75, 3.05) is 5.33 Å². The van der Waals surface area contributed by atoms with Gasteiger partial charge in [0.15, 0.2) is 0 Å². The van der Waals surface area contributed by atoms with Crippen LogP contribution < -0.4 is 5.32 Å². The molecule has 1 N–H and O–H groups in total. The molecule has 94 valence electrons. The molecule has 0 aromatic heterocycles. The Hall–Kier alpha value is -0.610. The Morgan fingerprint density at radius 3 is 2.82 bits per heavy atom. The minimum absolute atomic E-state index is 0.0223. The maximum absolute atomic E-state index is 13.2. The number of benzene rings is 1. The highest BCUT2D eigenvalue weighted by Gasteiger charge is 2.13. The minimum Gasteiger partial charge on any atom is -0.349 e. The molecule has 0 aliphatic rings. The molecule has 1 aromatic rings. The van der Waals surface area contributed by atoms with Crippen LogP contribution >= 0.6 is 27.5 Å². The molecule has 0 radical (unpaired) electrons. The van der Waals surface area contributed by atoms with Crippen LogP contribution in [0.5, 0.6) is 0 Å². The topological polar surface area (TPSA) is 29.1 Å². The maximum Gasteiger partial charge on any atom is 0.251 e. The van der Waals surface area contributed by atoms with E-state index in [1.807, 2.05) is 6.92 Å². The highest BCUT2D eigenvalue weighted by molar-refractivity contribution is 9.09. The Bertz CT molecular complexity index is 400. The van der Waals surface area contributed by atoms with Gasteiger partial charge in [-0.25, -0.2) is 4.39 Å². The van der Waals surface area contributed by atoms with E-state index in [1.165, 1.54) is 12.1 Å². The molecule has 0 heterocycles. The van der Waals surface area contributed by atoms with Gasteiger partial charge in [0.2, 0.25) is 0 Å². The molecule has 1 atom stereocenters. The minimum atomic E-state index is -0.576. The Kier molecular flexibility index (Phi) is 5.92. The zero-order valence-corrected chi connectivity index (χ0v) is 11.8. The lowest BCUT2D eigenvalue weighted by molar-refractivity contribution is 0.0934. The summed E-state index contributed by atoms with van der Waals surface area (Å²) < 4.78 is 13.2. The summed E-state index contributed by atoms with van der Waals surface area (Å²) in [6.45, 7) is 2.00. The van der Waals surface area contributed by atoms with Crippen LogP contribution in [-0.2, 0) is 0 Å². The molecule has 2 nitrogen and oxygen atoms in total. The molecular formula is C12H14BrClFNO. The predicted octanol–water partition coefficient (Wildman–Crippen LogP) is 3.77. The highest BCUT2D eigenvalue weighted by Crippen LogP contribution is 2.15. The number of hydrogen-bond acceptors (Lipinski definition) is 1. The molecule has 0 bridgehead atoms. The van der Waals surface area contributed by atoms with Gasteiger partial charge in [-0.1, -0.05) is 34.5 Å². The molecule has 1 rings (SSSR count). The molecule has 5 heteroatoms. The Morgan fingerprint density at radius 1 is 1.59 bits per heavy atom. The van der Waals surface area contributed by atoms with Crippen LogP contribution in [0.4, 0.5) is 4.39 Å². The van der Waals surface area contributed by atoms with E-state index in [4.69, 9.17) is 11.6 Å². The number of carbonyl (C=O) groups is 1. The fraction of sp³-hybridized carbons (Fsp3) is 0.417. The van der Waals surface area contributed by atoms with Crippen LogP contribution in [0.3, 0.4) is 0 Å². The van der Waals surface area contributed by atoms with E-state index in [0.29, 0.717) is 5.56 Å². The number of hydrogen-bond donors (Lipinski definition) is 1. The van der Waals surface area contributed by atoms with E-state index >= 15 is 0 Å². The predicted molar refractivity (Wildman–Crippen MR) is 71.4 cm³/mol. The van der Waals surface area contributed by atoms with Crippen LogP contribution in [0.25, 0.3) is 0 Å². The summed E-state index contributed by atoms with van der Waals surface area (Å²) in [5.74, 6) is -0.846.